The van der Waals surface area contributed by atoms with E-state index in [1.165, 1.54) is 6.07 Å². The predicted octanol–water partition coefficient (Wildman–Crippen LogP) is 2.48. The van der Waals surface area contributed by atoms with Crippen molar-refractivity contribution in [2.45, 2.75) is 32.7 Å². The van der Waals surface area contributed by atoms with Gasteiger partial charge >= 0.3 is 0 Å². The van der Waals surface area contributed by atoms with E-state index < -0.39 is 5.91 Å². The molecule has 1 aliphatic heterocycles. The van der Waals surface area contributed by atoms with Crippen LogP contribution in [0.1, 0.15) is 40.4 Å². The van der Waals surface area contributed by atoms with Crippen molar-refractivity contribution < 1.29 is 9.18 Å². The number of carbonyl (C=O) groups excluding carboxylic acids is 1. The monoisotopic (exact) mass is 342 g/mol. The summed E-state index contributed by atoms with van der Waals surface area (Å²) in [7, 11) is 0. The Labute approximate surface area is 147 Å². The predicted molar refractivity (Wildman–Crippen MR) is 93.4 cm³/mol. The first kappa shape index (κ1) is 17.5. The number of hydrogen-bond donors (Lipinski definition) is 1. The Balaban J connectivity index is 1.66. The lowest BCUT2D eigenvalue weighted by Crippen LogP contribution is -2.36. The van der Waals surface area contributed by atoms with Gasteiger partial charge in [0.15, 0.2) is 0 Å². The maximum Gasteiger partial charge on any atom is 0.267 e. The van der Waals surface area contributed by atoms with Crippen LogP contribution < -0.4 is 5.73 Å². The number of piperidine rings is 1. The van der Waals surface area contributed by atoms with Crippen LogP contribution in [0.15, 0.2) is 30.3 Å². The van der Waals surface area contributed by atoms with Crippen LogP contribution in [0.25, 0.3) is 0 Å². The minimum absolute atomic E-state index is 0.151. The molecule has 0 unspecified atom stereocenters. The van der Waals surface area contributed by atoms with E-state index in [1.807, 2.05) is 12.1 Å². The van der Waals surface area contributed by atoms with E-state index in [0.29, 0.717) is 18.3 Å². The third-order valence-electron chi connectivity index (χ3n) is 4.60. The number of halogens is 1. The first-order chi connectivity index (χ1) is 12.0. The second-order valence-corrected chi connectivity index (χ2v) is 6.69. The Morgan fingerprint density at radius 3 is 2.92 bits per heavy atom. The van der Waals surface area contributed by atoms with E-state index in [1.54, 1.807) is 19.1 Å². The van der Waals surface area contributed by atoms with Crippen molar-refractivity contribution in [1.29, 1.82) is 0 Å². The smallest absolute Gasteiger partial charge is 0.267 e. The number of nitrogens with zero attached hydrogens (tertiary/aromatic N) is 3. The van der Waals surface area contributed by atoms with Crippen LogP contribution in [0.2, 0.25) is 0 Å². The third kappa shape index (κ3) is 4.60. The summed E-state index contributed by atoms with van der Waals surface area (Å²) in [6, 6.07) is 8.61. The lowest BCUT2D eigenvalue weighted by Gasteiger charge is -2.32. The second-order valence-electron chi connectivity index (χ2n) is 6.69. The SMILES string of the molecule is Cc1nc(C[C@@H]2CCCN(Cc3ccccc3F)C2)cc(C(N)=O)n1. The number of hydrogen-bond acceptors (Lipinski definition) is 4. The number of likely N-dealkylation sites (tertiary alicyclic amines) is 1. The van der Waals surface area contributed by atoms with Gasteiger partial charge in [-0.15, -0.1) is 0 Å². The minimum atomic E-state index is -0.531. The highest BCUT2D eigenvalue weighted by atomic mass is 19.1. The number of aryl methyl sites for hydroxylation is 1. The molecule has 5 nitrogen and oxygen atoms in total. The molecular weight excluding hydrogens is 319 g/mol. The van der Waals surface area contributed by atoms with Gasteiger partial charge in [0.2, 0.25) is 0 Å². The molecule has 0 aliphatic carbocycles. The van der Waals surface area contributed by atoms with Gasteiger partial charge in [0.1, 0.15) is 17.3 Å². The molecule has 0 saturated carbocycles. The van der Waals surface area contributed by atoms with Crippen LogP contribution in [-0.4, -0.2) is 33.9 Å². The second kappa shape index (κ2) is 7.70. The van der Waals surface area contributed by atoms with E-state index in [2.05, 4.69) is 14.9 Å². The van der Waals surface area contributed by atoms with Crippen LogP contribution >= 0.6 is 0 Å². The van der Waals surface area contributed by atoms with E-state index >= 15 is 0 Å². The molecule has 0 spiro atoms. The average Bonchev–Trinajstić information content (AvgIpc) is 2.57. The van der Waals surface area contributed by atoms with Crippen LogP contribution in [0, 0.1) is 18.7 Å². The number of carbonyl (C=O) groups is 1. The summed E-state index contributed by atoms with van der Waals surface area (Å²) in [5, 5.41) is 0. The van der Waals surface area contributed by atoms with Crippen molar-refractivity contribution in [2.24, 2.45) is 11.7 Å². The van der Waals surface area contributed by atoms with Crippen molar-refractivity contribution in [1.82, 2.24) is 14.9 Å². The fraction of sp³-hybridized carbons (Fsp3) is 0.421. The highest BCUT2D eigenvalue weighted by Gasteiger charge is 2.22. The lowest BCUT2D eigenvalue weighted by molar-refractivity contribution is 0.0995. The van der Waals surface area contributed by atoms with Gasteiger partial charge in [0.25, 0.3) is 5.91 Å². The summed E-state index contributed by atoms with van der Waals surface area (Å²) < 4.78 is 13.9. The van der Waals surface area contributed by atoms with Gasteiger partial charge < -0.3 is 5.73 Å². The Bertz CT molecular complexity index is 765. The average molecular weight is 342 g/mol. The molecule has 3 rings (SSSR count). The Morgan fingerprint density at radius 2 is 2.16 bits per heavy atom. The largest absolute Gasteiger partial charge is 0.364 e. The molecular formula is C19H23FN4O. The first-order valence-electron chi connectivity index (χ1n) is 8.61. The number of nitrogens with two attached hydrogens (primary N) is 1. The molecule has 1 fully saturated rings. The Morgan fingerprint density at radius 1 is 1.36 bits per heavy atom. The zero-order valence-corrected chi connectivity index (χ0v) is 14.4. The molecule has 1 aliphatic rings. The minimum Gasteiger partial charge on any atom is -0.364 e. The van der Waals surface area contributed by atoms with Crippen molar-refractivity contribution in [2.75, 3.05) is 13.1 Å². The molecule has 6 heteroatoms. The molecule has 2 N–H and O–H groups in total. The molecule has 0 radical (unpaired) electrons. The maximum atomic E-state index is 13.9. The van der Waals surface area contributed by atoms with Gasteiger partial charge in [-0.25, -0.2) is 14.4 Å². The molecule has 1 saturated heterocycles. The fourth-order valence-corrected chi connectivity index (χ4v) is 3.49. The summed E-state index contributed by atoms with van der Waals surface area (Å²) in [6.07, 6.45) is 2.95. The van der Waals surface area contributed by atoms with Crippen LogP contribution in [0.4, 0.5) is 4.39 Å². The van der Waals surface area contributed by atoms with Crippen molar-refractivity contribution in [3.8, 4) is 0 Å². The van der Waals surface area contributed by atoms with Crippen molar-refractivity contribution >= 4 is 5.91 Å². The molecule has 132 valence electrons. The zero-order chi connectivity index (χ0) is 17.8. The molecule has 0 bridgehead atoms. The van der Waals surface area contributed by atoms with Gasteiger partial charge in [-0.2, -0.15) is 0 Å². The summed E-state index contributed by atoms with van der Waals surface area (Å²) in [6.45, 7) is 4.25. The number of primary amides is 1. The molecule has 1 aromatic heterocycles. The summed E-state index contributed by atoms with van der Waals surface area (Å²) in [4.78, 5) is 22.2. The Kier molecular flexibility index (Phi) is 5.38. The molecule has 2 heterocycles. The zero-order valence-electron chi connectivity index (χ0n) is 14.4. The Hall–Kier alpha value is -2.34. The quantitative estimate of drug-likeness (QED) is 0.906. The fourth-order valence-electron chi connectivity index (χ4n) is 3.49. The van der Waals surface area contributed by atoms with Gasteiger partial charge in [-0.1, -0.05) is 18.2 Å². The maximum absolute atomic E-state index is 13.9. The van der Waals surface area contributed by atoms with Gasteiger partial charge in [-0.3, -0.25) is 9.69 Å². The number of benzene rings is 1. The molecule has 1 aromatic carbocycles. The third-order valence-corrected chi connectivity index (χ3v) is 4.60. The van der Waals surface area contributed by atoms with E-state index in [9.17, 15) is 9.18 Å². The first-order valence-corrected chi connectivity index (χ1v) is 8.61. The van der Waals surface area contributed by atoms with E-state index in [-0.39, 0.29) is 11.5 Å². The molecule has 2 aromatic rings. The van der Waals surface area contributed by atoms with Gasteiger partial charge in [0.05, 0.1) is 0 Å². The molecule has 1 atom stereocenters. The highest BCUT2D eigenvalue weighted by Crippen LogP contribution is 2.22. The lowest BCUT2D eigenvalue weighted by atomic mass is 9.92. The van der Waals surface area contributed by atoms with Crippen molar-refractivity contribution in [3.63, 3.8) is 0 Å². The highest BCUT2D eigenvalue weighted by molar-refractivity contribution is 5.90. The van der Waals surface area contributed by atoms with E-state index in [4.69, 9.17) is 5.73 Å². The topological polar surface area (TPSA) is 72.1 Å². The van der Waals surface area contributed by atoms with E-state index in [0.717, 1.165) is 43.6 Å². The summed E-state index contributed by atoms with van der Waals surface area (Å²) in [5.74, 6) is 0.305. The van der Waals surface area contributed by atoms with Crippen LogP contribution in [0.3, 0.4) is 0 Å². The normalized spacial score (nSPS) is 18.2. The molecule has 25 heavy (non-hydrogen) atoms. The number of amides is 1. The summed E-state index contributed by atoms with van der Waals surface area (Å²) >= 11 is 0. The standard InChI is InChI=1S/C19H23FN4O/c1-13-22-16(10-18(23-13)19(21)25)9-14-5-4-8-24(11-14)12-15-6-2-3-7-17(15)20/h2-3,6-7,10,14H,4-5,8-9,11-12H2,1H3,(H2,21,25)/t14-/m0/s1. The van der Waals surface area contributed by atoms with Crippen LogP contribution in [0.5, 0.6) is 0 Å². The number of aromatic nitrogens is 2. The van der Waals surface area contributed by atoms with Gasteiger partial charge in [0, 0.05) is 24.3 Å². The summed E-state index contributed by atoms with van der Waals surface area (Å²) in [5.41, 5.74) is 7.18. The molecule has 1 amide bonds. The number of rotatable bonds is 5. The van der Waals surface area contributed by atoms with Crippen molar-refractivity contribution in [3.05, 3.63) is 58.9 Å². The van der Waals surface area contributed by atoms with Crippen LogP contribution in [-0.2, 0) is 13.0 Å². The van der Waals surface area contributed by atoms with Gasteiger partial charge in [-0.05, 0) is 50.8 Å².